The number of carbonyl (C=O) groups excluding carboxylic acids is 2. The molecule has 1 amide bonds. The van der Waals surface area contributed by atoms with Crippen molar-refractivity contribution < 1.29 is 19.4 Å². The van der Waals surface area contributed by atoms with Crippen LogP contribution in [0.2, 0.25) is 5.02 Å². The number of amides is 1. The van der Waals surface area contributed by atoms with Crippen LogP contribution in [0.1, 0.15) is 29.7 Å². The highest BCUT2D eigenvalue weighted by atomic mass is 35.5. The van der Waals surface area contributed by atoms with E-state index in [1.807, 2.05) is 38.1 Å². The van der Waals surface area contributed by atoms with Crippen molar-refractivity contribution in [3.05, 3.63) is 69.8 Å². The van der Waals surface area contributed by atoms with Crippen molar-refractivity contribution in [2.45, 2.75) is 25.5 Å². The Morgan fingerprint density at radius 1 is 1.23 bits per heavy atom. The highest BCUT2D eigenvalue weighted by Gasteiger charge is 2.46. The molecule has 1 N–H and O–H groups in total. The lowest BCUT2D eigenvalue weighted by Gasteiger charge is -2.26. The Kier molecular flexibility index (Phi) is 5.77. The molecule has 1 fully saturated rings. The van der Waals surface area contributed by atoms with Gasteiger partial charge in [-0.05, 0) is 62.5 Å². The largest absolute Gasteiger partial charge is 0.507 e. The molecule has 4 rings (SSSR count). The first kappa shape index (κ1) is 21.4. The third-order valence-electron chi connectivity index (χ3n) is 5.66. The molecule has 2 aliphatic heterocycles. The number of hydrogen-bond donors (Lipinski definition) is 1. The third kappa shape index (κ3) is 4.05. The quantitative estimate of drug-likeness (QED) is 0.436. The molecular formula is C24H25ClN2O4. The number of fused-ring (bicyclic) bond motifs is 1. The first-order chi connectivity index (χ1) is 14.8. The Morgan fingerprint density at radius 2 is 2.00 bits per heavy atom. The van der Waals surface area contributed by atoms with E-state index in [1.165, 1.54) is 4.90 Å². The number of likely N-dealkylation sites (N-methyl/N-ethyl adjacent to an activating group) is 1. The minimum absolute atomic E-state index is 0.0653. The number of ketones is 1. The van der Waals surface area contributed by atoms with Crippen LogP contribution in [-0.2, 0) is 16.0 Å². The number of carbonyl (C=O) groups is 2. The molecule has 7 heteroatoms. The summed E-state index contributed by atoms with van der Waals surface area (Å²) in [5.41, 5.74) is 2.23. The van der Waals surface area contributed by atoms with Crippen molar-refractivity contribution in [1.82, 2.24) is 9.80 Å². The van der Waals surface area contributed by atoms with Gasteiger partial charge in [0.1, 0.15) is 17.6 Å². The van der Waals surface area contributed by atoms with Gasteiger partial charge < -0.3 is 19.6 Å². The lowest BCUT2D eigenvalue weighted by atomic mass is 9.94. The van der Waals surface area contributed by atoms with Crippen molar-refractivity contribution in [2.75, 3.05) is 27.2 Å². The van der Waals surface area contributed by atoms with E-state index < -0.39 is 17.7 Å². The van der Waals surface area contributed by atoms with Crippen molar-refractivity contribution >= 4 is 29.1 Å². The number of likely N-dealkylation sites (tertiary alicyclic amines) is 1. The van der Waals surface area contributed by atoms with E-state index in [1.54, 1.807) is 30.3 Å². The first-order valence-electron chi connectivity index (χ1n) is 10.2. The molecule has 0 unspecified atom stereocenters. The second kappa shape index (κ2) is 8.36. The van der Waals surface area contributed by atoms with Crippen molar-refractivity contribution in [2.24, 2.45) is 0 Å². The predicted octanol–water partition coefficient (Wildman–Crippen LogP) is 3.65. The summed E-state index contributed by atoms with van der Waals surface area (Å²) >= 11 is 6.20. The minimum atomic E-state index is -0.706. The number of halogens is 1. The number of hydrogen-bond acceptors (Lipinski definition) is 5. The maximum atomic E-state index is 13.0. The Morgan fingerprint density at radius 3 is 2.71 bits per heavy atom. The number of aliphatic hydroxyl groups excluding tert-OH is 1. The third-order valence-corrected chi connectivity index (χ3v) is 5.90. The van der Waals surface area contributed by atoms with Gasteiger partial charge in [0, 0.05) is 30.1 Å². The fourth-order valence-electron chi connectivity index (χ4n) is 4.17. The number of ether oxygens (including phenoxy) is 1. The molecule has 162 valence electrons. The van der Waals surface area contributed by atoms with E-state index in [2.05, 4.69) is 0 Å². The monoisotopic (exact) mass is 440 g/mol. The van der Waals surface area contributed by atoms with Gasteiger partial charge in [-0.3, -0.25) is 9.59 Å². The molecule has 1 saturated heterocycles. The van der Waals surface area contributed by atoms with Gasteiger partial charge in [0.15, 0.2) is 0 Å². The molecule has 0 spiro atoms. The summed E-state index contributed by atoms with van der Waals surface area (Å²) in [7, 11) is 3.80. The van der Waals surface area contributed by atoms with E-state index in [-0.39, 0.29) is 17.4 Å². The Hall–Kier alpha value is -2.83. The summed E-state index contributed by atoms with van der Waals surface area (Å²) < 4.78 is 5.73. The maximum Gasteiger partial charge on any atom is 0.295 e. The van der Waals surface area contributed by atoms with Crippen LogP contribution in [0.15, 0.2) is 48.0 Å². The van der Waals surface area contributed by atoms with Gasteiger partial charge in [-0.2, -0.15) is 0 Å². The first-order valence-corrected chi connectivity index (χ1v) is 10.6. The summed E-state index contributed by atoms with van der Waals surface area (Å²) in [5, 5.41) is 11.7. The van der Waals surface area contributed by atoms with Gasteiger partial charge in [0.2, 0.25) is 0 Å². The second-order valence-corrected chi connectivity index (χ2v) is 8.74. The molecule has 2 aliphatic rings. The molecule has 0 aliphatic carbocycles. The molecule has 0 aromatic heterocycles. The van der Waals surface area contributed by atoms with Gasteiger partial charge in [-0.25, -0.2) is 0 Å². The van der Waals surface area contributed by atoms with Gasteiger partial charge in [-0.15, -0.1) is 0 Å². The van der Waals surface area contributed by atoms with Crippen LogP contribution in [0.25, 0.3) is 5.76 Å². The lowest BCUT2D eigenvalue weighted by Crippen LogP contribution is -2.35. The van der Waals surface area contributed by atoms with E-state index in [4.69, 9.17) is 16.3 Å². The minimum Gasteiger partial charge on any atom is -0.507 e. The van der Waals surface area contributed by atoms with Crippen LogP contribution in [0.3, 0.4) is 0 Å². The molecule has 0 radical (unpaired) electrons. The van der Waals surface area contributed by atoms with Gasteiger partial charge >= 0.3 is 0 Å². The molecular weight excluding hydrogens is 416 g/mol. The van der Waals surface area contributed by atoms with E-state index in [9.17, 15) is 14.7 Å². The number of Topliss-reactive ketones (excluding diaryl/α,β-unsaturated/α-hetero) is 1. The van der Waals surface area contributed by atoms with Crippen LogP contribution in [0.4, 0.5) is 0 Å². The lowest BCUT2D eigenvalue weighted by molar-refractivity contribution is -0.140. The Balaban J connectivity index is 1.82. The molecule has 2 heterocycles. The molecule has 6 nitrogen and oxygen atoms in total. The van der Waals surface area contributed by atoms with Crippen LogP contribution >= 0.6 is 11.6 Å². The van der Waals surface area contributed by atoms with Crippen LogP contribution in [0, 0.1) is 0 Å². The average molecular weight is 441 g/mol. The Bertz CT molecular complexity index is 1080. The van der Waals surface area contributed by atoms with Crippen molar-refractivity contribution in [1.29, 1.82) is 0 Å². The number of aliphatic hydroxyl groups is 1. The van der Waals surface area contributed by atoms with Crippen LogP contribution < -0.4 is 4.74 Å². The van der Waals surface area contributed by atoms with Gasteiger partial charge in [0.05, 0.1) is 11.6 Å². The zero-order valence-corrected chi connectivity index (χ0v) is 18.5. The summed E-state index contributed by atoms with van der Waals surface area (Å²) in [6.07, 6.45) is 0.793. The molecule has 0 bridgehead atoms. The van der Waals surface area contributed by atoms with Crippen molar-refractivity contribution in [3.63, 3.8) is 0 Å². The Labute approximate surface area is 186 Å². The summed E-state index contributed by atoms with van der Waals surface area (Å²) in [5.74, 6) is -0.710. The predicted molar refractivity (Wildman–Crippen MR) is 119 cm³/mol. The smallest absolute Gasteiger partial charge is 0.295 e. The average Bonchev–Trinajstić information content (AvgIpc) is 3.22. The summed E-state index contributed by atoms with van der Waals surface area (Å²) in [6.45, 7) is 2.91. The standard InChI is InChI=1S/C24H25ClN2O4/c1-14-11-17-12-16(7-8-19(17)31-14)22(28)20-21(15-5-4-6-18(25)13-15)27(10-9-26(2)3)24(30)23(20)29/h4-8,12-14,21,28H,9-11H2,1-3H3/t14-,21+/m1/s1. The van der Waals surface area contributed by atoms with E-state index >= 15 is 0 Å². The van der Waals surface area contributed by atoms with Gasteiger partial charge in [0.25, 0.3) is 11.7 Å². The van der Waals surface area contributed by atoms with Crippen LogP contribution in [-0.4, -0.2) is 59.9 Å². The molecule has 2 aromatic rings. The SMILES string of the molecule is C[C@@H]1Cc2cc(C(O)=C3C(=O)C(=O)N(CCN(C)C)[C@H]3c3cccc(Cl)c3)ccc2O1. The fraction of sp³-hybridized carbons (Fsp3) is 0.333. The highest BCUT2D eigenvalue weighted by Crippen LogP contribution is 2.41. The molecule has 31 heavy (non-hydrogen) atoms. The fourth-order valence-corrected chi connectivity index (χ4v) is 4.37. The van der Waals surface area contributed by atoms with Crippen molar-refractivity contribution in [3.8, 4) is 5.75 Å². The number of rotatable bonds is 5. The van der Waals surface area contributed by atoms with E-state index in [0.717, 1.165) is 17.7 Å². The normalized spacial score (nSPS) is 22.2. The number of nitrogens with zero attached hydrogens (tertiary/aromatic N) is 2. The second-order valence-electron chi connectivity index (χ2n) is 8.31. The zero-order valence-electron chi connectivity index (χ0n) is 17.8. The highest BCUT2D eigenvalue weighted by molar-refractivity contribution is 6.46. The summed E-state index contributed by atoms with van der Waals surface area (Å²) in [6, 6.07) is 11.7. The van der Waals surface area contributed by atoms with Crippen LogP contribution in [0.5, 0.6) is 5.75 Å². The number of benzene rings is 2. The topological polar surface area (TPSA) is 70.1 Å². The molecule has 2 aromatic carbocycles. The van der Waals surface area contributed by atoms with E-state index in [0.29, 0.717) is 29.2 Å². The van der Waals surface area contributed by atoms with Gasteiger partial charge in [-0.1, -0.05) is 23.7 Å². The summed E-state index contributed by atoms with van der Waals surface area (Å²) in [4.78, 5) is 29.4. The molecule has 0 saturated carbocycles. The maximum absolute atomic E-state index is 13.0. The zero-order chi connectivity index (χ0) is 22.3. The molecule has 2 atom stereocenters.